The Hall–Kier alpha value is -1.41. The number of nitrogens with one attached hydrogen (secondary N) is 1. The summed E-state index contributed by atoms with van der Waals surface area (Å²) in [6, 6.07) is -0.462. The molecule has 1 aliphatic rings. The number of carboxylic acid groups (broad SMARTS) is 1. The molecule has 1 fully saturated rings. The summed E-state index contributed by atoms with van der Waals surface area (Å²) in [6.07, 6.45) is 3.03. The summed E-state index contributed by atoms with van der Waals surface area (Å²) in [4.78, 5) is 17.5. The average Bonchev–Trinajstić information content (AvgIpc) is 2.95. The third-order valence-corrected chi connectivity index (χ3v) is 5.12. The summed E-state index contributed by atoms with van der Waals surface area (Å²) in [5.41, 5.74) is 0. The van der Waals surface area contributed by atoms with E-state index in [1.165, 1.54) is 10.5 Å². The number of sulfonamides is 1. The number of carboxylic acids is 1. The highest BCUT2D eigenvalue weighted by atomic mass is 32.2. The molecule has 0 aromatic carbocycles. The largest absolute Gasteiger partial charge is 0.481 e. The second-order valence-electron chi connectivity index (χ2n) is 4.56. The van der Waals surface area contributed by atoms with E-state index in [1.807, 2.05) is 6.92 Å². The van der Waals surface area contributed by atoms with Gasteiger partial charge in [0.15, 0.2) is 5.03 Å². The van der Waals surface area contributed by atoms with Gasteiger partial charge in [-0.05, 0) is 12.8 Å². The number of aromatic nitrogens is 2. The molecular weight excluding hydrogens is 270 g/mol. The molecule has 7 nitrogen and oxygen atoms in total. The molecule has 106 valence electrons. The van der Waals surface area contributed by atoms with E-state index in [4.69, 9.17) is 5.11 Å². The molecule has 1 aromatic heterocycles. The van der Waals surface area contributed by atoms with Crippen LogP contribution in [0.25, 0.3) is 0 Å². The molecule has 8 heteroatoms. The van der Waals surface area contributed by atoms with Crippen LogP contribution in [0.4, 0.5) is 0 Å². The minimum absolute atomic E-state index is 0.0432. The van der Waals surface area contributed by atoms with Crippen molar-refractivity contribution in [1.82, 2.24) is 14.3 Å². The van der Waals surface area contributed by atoms with Gasteiger partial charge in [-0.25, -0.2) is 13.4 Å². The molecule has 2 N–H and O–H groups in total. The van der Waals surface area contributed by atoms with Gasteiger partial charge in [0.1, 0.15) is 5.82 Å². The zero-order valence-electron chi connectivity index (χ0n) is 10.7. The molecule has 2 rings (SSSR count). The van der Waals surface area contributed by atoms with Gasteiger partial charge < -0.3 is 10.1 Å². The summed E-state index contributed by atoms with van der Waals surface area (Å²) in [7, 11) is -3.67. The van der Waals surface area contributed by atoms with Gasteiger partial charge in [-0.2, -0.15) is 4.31 Å². The fraction of sp³-hybridized carbons (Fsp3) is 0.636. The van der Waals surface area contributed by atoms with Crippen molar-refractivity contribution in [2.45, 2.75) is 43.7 Å². The van der Waals surface area contributed by atoms with Gasteiger partial charge in [0.25, 0.3) is 10.0 Å². The standard InChI is InChI=1S/C11H17N3O4S/c1-2-9-12-7-10(13-9)19(17,18)14-5-3-4-8(14)6-11(15)16/h7-8H,2-6H2,1H3,(H,12,13)(H,15,16). The SMILES string of the molecule is CCc1ncc(S(=O)(=O)N2CCCC2CC(=O)O)[nH]1. The Morgan fingerprint density at radius 2 is 2.37 bits per heavy atom. The number of hydrogen-bond donors (Lipinski definition) is 2. The van der Waals surface area contributed by atoms with Crippen molar-refractivity contribution in [3.8, 4) is 0 Å². The van der Waals surface area contributed by atoms with E-state index in [9.17, 15) is 13.2 Å². The van der Waals surface area contributed by atoms with E-state index < -0.39 is 22.0 Å². The highest BCUT2D eigenvalue weighted by Gasteiger charge is 2.37. The molecule has 0 aliphatic carbocycles. The zero-order valence-corrected chi connectivity index (χ0v) is 11.5. The second kappa shape index (κ2) is 5.30. The number of hydrogen-bond acceptors (Lipinski definition) is 4. The van der Waals surface area contributed by atoms with E-state index in [0.29, 0.717) is 31.6 Å². The van der Waals surface area contributed by atoms with Crippen LogP contribution in [0, 0.1) is 0 Å². The van der Waals surface area contributed by atoms with Crippen LogP contribution in [0.15, 0.2) is 11.2 Å². The number of rotatable bonds is 5. The van der Waals surface area contributed by atoms with E-state index in [1.54, 1.807) is 0 Å². The molecule has 1 saturated heterocycles. The van der Waals surface area contributed by atoms with Gasteiger partial charge in [-0.3, -0.25) is 4.79 Å². The Kier molecular flexibility index (Phi) is 3.91. The number of aromatic amines is 1. The lowest BCUT2D eigenvalue weighted by Crippen LogP contribution is -2.37. The molecule has 1 aliphatic heterocycles. The molecule has 0 radical (unpaired) electrons. The normalized spacial score (nSPS) is 20.8. The molecular formula is C11H17N3O4S. The highest BCUT2D eigenvalue weighted by Crippen LogP contribution is 2.27. The van der Waals surface area contributed by atoms with E-state index in [0.717, 1.165) is 0 Å². The van der Waals surface area contributed by atoms with Crippen LogP contribution >= 0.6 is 0 Å². The van der Waals surface area contributed by atoms with Crippen LogP contribution in [-0.2, 0) is 21.2 Å². The van der Waals surface area contributed by atoms with Gasteiger partial charge in [-0.1, -0.05) is 6.92 Å². The van der Waals surface area contributed by atoms with Crippen molar-refractivity contribution in [2.75, 3.05) is 6.54 Å². The van der Waals surface area contributed by atoms with Crippen molar-refractivity contribution in [3.05, 3.63) is 12.0 Å². The summed E-state index contributed by atoms with van der Waals surface area (Å²) >= 11 is 0. The van der Waals surface area contributed by atoms with Crippen LogP contribution in [0.2, 0.25) is 0 Å². The smallest absolute Gasteiger partial charge is 0.304 e. The lowest BCUT2D eigenvalue weighted by Gasteiger charge is -2.21. The molecule has 1 aromatic rings. The first-order chi connectivity index (χ1) is 8.95. The molecule has 1 atom stereocenters. The van der Waals surface area contributed by atoms with Gasteiger partial charge in [0.05, 0.1) is 12.6 Å². The lowest BCUT2D eigenvalue weighted by atomic mass is 10.2. The van der Waals surface area contributed by atoms with Gasteiger partial charge in [0.2, 0.25) is 0 Å². The van der Waals surface area contributed by atoms with E-state index >= 15 is 0 Å². The minimum Gasteiger partial charge on any atom is -0.481 e. The van der Waals surface area contributed by atoms with Crippen molar-refractivity contribution in [1.29, 1.82) is 0 Å². The fourth-order valence-corrected chi connectivity index (χ4v) is 3.94. The summed E-state index contributed by atoms with van der Waals surface area (Å²) in [5.74, 6) is -0.376. The number of nitrogens with zero attached hydrogens (tertiary/aromatic N) is 2. The Labute approximate surface area is 111 Å². The maximum absolute atomic E-state index is 12.4. The van der Waals surface area contributed by atoms with Crippen LogP contribution in [0.5, 0.6) is 0 Å². The minimum atomic E-state index is -3.67. The zero-order chi connectivity index (χ0) is 14.0. The van der Waals surface area contributed by atoms with Gasteiger partial charge >= 0.3 is 5.97 Å². The average molecular weight is 287 g/mol. The maximum Gasteiger partial charge on any atom is 0.304 e. The van der Waals surface area contributed by atoms with Gasteiger partial charge in [0, 0.05) is 19.0 Å². The number of H-pyrrole nitrogens is 1. The summed E-state index contributed by atoms with van der Waals surface area (Å²) in [5, 5.41) is 8.87. The Morgan fingerprint density at radius 3 is 2.95 bits per heavy atom. The van der Waals surface area contributed by atoms with Crippen molar-refractivity contribution in [3.63, 3.8) is 0 Å². The predicted molar refractivity (Wildman–Crippen MR) is 67.1 cm³/mol. The van der Waals surface area contributed by atoms with Crippen molar-refractivity contribution >= 4 is 16.0 Å². The lowest BCUT2D eigenvalue weighted by molar-refractivity contribution is -0.137. The third kappa shape index (κ3) is 2.79. The van der Waals surface area contributed by atoms with Crippen LogP contribution in [0.3, 0.4) is 0 Å². The van der Waals surface area contributed by atoms with Crippen LogP contribution < -0.4 is 0 Å². The maximum atomic E-state index is 12.4. The number of imidazole rings is 1. The van der Waals surface area contributed by atoms with Gasteiger partial charge in [-0.15, -0.1) is 0 Å². The Morgan fingerprint density at radius 1 is 1.63 bits per heavy atom. The Balaban J connectivity index is 2.25. The number of aliphatic carboxylic acids is 1. The molecule has 0 spiro atoms. The quantitative estimate of drug-likeness (QED) is 0.825. The molecule has 0 bridgehead atoms. The molecule has 19 heavy (non-hydrogen) atoms. The van der Waals surface area contributed by atoms with Crippen LogP contribution in [-0.4, -0.2) is 46.4 Å². The first-order valence-electron chi connectivity index (χ1n) is 6.22. The summed E-state index contributed by atoms with van der Waals surface area (Å²) < 4.78 is 26.1. The topological polar surface area (TPSA) is 103 Å². The molecule has 1 unspecified atom stereocenters. The van der Waals surface area contributed by atoms with Crippen molar-refractivity contribution < 1.29 is 18.3 Å². The first kappa shape index (κ1) is 14.0. The van der Waals surface area contributed by atoms with E-state index in [-0.39, 0.29) is 11.4 Å². The second-order valence-corrected chi connectivity index (χ2v) is 6.42. The number of carbonyl (C=O) groups is 1. The fourth-order valence-electron chi connectivity index (χ4n) is 2.31. The van der Waals surface area contributed by atoms with Crippen molar-refractivity contribution in [2.24, 2.45) is 0 Å². The highest BCUT2D eigenvalue weighted by molar-refractivity contribution is 7.89. The molecule has 0 amide bonds. The number of aryl methyl sites for hydroxylation is 1. The van der Waals surface area contributed by atoms with E-state index in [2.05, 4.69) is 9.97 Å². The monoisotopic (exact) mass is 287 g/mol. The first-order valence-corrected chi connectivity index (χ1v) is 7.66. The third-order valence-electron chi connectivity index (χ3n) is 3.26. The Bertz CT molecular complexity index is 566. The summed E-state index contributed by atoms with van der Waals surface area (Å²) in [6.45, 7) is 2.24. The predicted octanol–water partition coefficient (Wildman–Crippen LogP) is 0.600. The molecule has 0 saturated carbocycles. The van der Waals surface area contributed by atoms with Crippen LogP contribution in [0.1, 0.15) is 32.0 Å². The molecule has 2 heterocycles.